The zero-order chi connectivity index (χ0) is 21.6. The Kier molecular flexibility index (Phi) is 6.08. The second-order valence-electron chi connectivity index (χ2n) is 7.19. The van der Waals surface area contributed by atoms with Gasteiger partial charge in [-0.3, -0.25) is 4.79 Å². The molecule has 31 heavy (non-hydrogen) atoms. The van der Waals surface area contributed by atoms with E-state index in [0.29, 0.717) is 11.7 Å². The maximum Gasteiger partial charge on any atom is 0.246 e. The molecule has 6 heteroatoms. The molecule has 156 valence electrons. The van der Waals surface area contributed by atoms with Crippen molar-refractivity contribution in [1.82, 2.24) is 15.0 Å². The summed E-state index contributed by atoms with van der Waals surface area (Å²) in [5, 5.41) is 4.05. The lowest BCUT2D eigenvalue weighted by atomic mass is 9.90. The molecular weight excluding hydrogens is 390 g/mol. The van der Waals surface area contributed by atoms with E-state index in [9.17, 15) is 4.79 Å². The Morgan fingerprint density at radius 2 is 1.52 bits per heavy atom. The van der Waals surface area contributed by atoms with Crippen molar-refractivity contribution < 1.29 is 14.1 Å². The Labute approximate surface area is 181 Å². The molecular formula is C25H23N3O3. The van der Waals surface area contributed by atoms with Gasteiger partial charge in [0.2, 0.25) is 17.6 Å². The largest absolute Gasteiger partial charge is 0.497 e. The topological polar surface area (TPSA) is 68.5 Å². The zero-order valence-electron chi connectivity index (χ0n) is 17.4. The molecule has 3 aromatic carbocycles. The Morgan fingerprint density at radius 3 is 2.06 bits per heavy atom. The minimum absolute atomic E-state index is 0.0402. The Morgan fingerprint density at radius 1 is 0.935 bits per heavy atom. The molecule has 0 fully saturated rings. The lowest BCUT2D eigenvalue weighted by Crippen LogP contribution is -2.32. The predicted octanol–water partition coefficient (Wildman–Crippen LogP) is 4.54. The van der Waals surface area contributed by atoms with E-state index in [1.165, 1.54) is 0 Å². The van der Waals surface area contributed by atoms with Crippen LogP contribution in [0.15, 0.2) is 89.5 Å². The standard InChI is InChI=1S/C25H23N3O3/c1-28(17-22-26-24(27-31-22)20-13-15-21(30-2)16-14-20)25(29)23(18-9-5-3-6-10-18)19-11-7-4-8-12-19/h3-16,23H,17H2,1-2H3. The predicted molar refractivity (Wildman–Crippen MR) is 117 cm³/mol. The quantitative estimate of drug-likeness (QED) is 0.445. The third-order valence-corrected chi connectivity index (χ3v) is 5.08. The maximum atomic E-state index is 13.4. The zero-order valence-corrected chi connectivity index (χ0v) is 17.4. The summed E-state index contributed by atoms with van der Waals surface area (Å²) < 4.78 is 10.6. The molecule has 0 aliphatic rings. The van der Waals surface area contributed by atoms with Crippen LogP contribution in [0.2, 0.25) is 0 Å². The molecule has 1 heterocycles. The van der Waals surface area contributed by atoms with Gasteiger partial charge >= 0.3 is 0 Å². The highest BCUT2D eigenvalue weighted by Crippen LogP contribution is 2.27. The highest BCUT2D eigenvalue weighted by molar-refractivity contribution is 5.87. The summed E-state index contributed by atoms with van der Waals surface area (Å²) in [6.45, 7) is 0.220. The van der Waals surface area contributed by atoms with Crippen molar-refractivity contribution in [3.8, 4) is 17.1 Å². The summed E-state index contributed by atoms with van der Waals surface area (Å²) in [6, 6.07) is 26.9. The van der Waals surface area contributed by atoms with E-state index in [2.05, 4.69) is 10.1 Å². The maximum absolute atomic E-state index is 13.4. The van der Waals surface area contributed by atoms with Gasteiger partial charge in [0, 0.05) is 12.6 Å². The number of ether oxygens (including phenoxy) is 1. The van der Waals surface area contributed by atoms with Gasteiger partial charge < -0.3 is 14.2 Å². The van der Waals surface area contributed by atoms with Crippen LogP contribution in [0.4, 0.5) is 0 Å². The van der Waals surface area contributed by atoms with E-state index >= 15 is 0 Å². The van der Waals surface area contributed by atoms with Crippen LogP contribution in [0.3, 0.4) is 0 Å². The third kappa shape index (κ3) is 4.64. The second-order valence-corrected chi connectivity index (χ2v) is 7.19. The molecule has 0 bridgehead atoms. The van der Waals surface area contributed by atoms with Crippen LogP contribution in [-0.2, 0) is 11.3 Å². The molecule has 1 amide bonds. The van der Waals surface area contributed by atoms with Crippen molar-refractivity contribution in [2.24, 2.45) is 0 Å². The normalized spacial score (nSPS) is 10.8. The average Bonchev–Trinajstić information content (AvgIpc) is 3.29. The van der Waals surface area contributed by atoms with Crippen LogP contribution < -0.4 is 4.74 Å². The summed E-state index contributed by atoms with van der Waals surface area (Å²) >= 11 is 0. The lowest BCUT2D eigenvalue weighted by molar-refractivity contribution is -0.131. The molecule has 0 saturated heterocycles. The summed E-state index contributed by atoms with van der Waals surface area (Å²) in [5.74, 6) is 1.16. The van der Waals surface area contributed by atoms with Crippen LogP contribution in [-0.4, -0.2) is 35.1 Å². The number of carbonyl (C=O) groups is 1. The molecule has 0 aliphatic carbocycles. The molecule has 0 N–H and O–H groups in total. The summed E-state index contributed by atoms with van der Waals surface area (Å²) in [7, 11) is 3.37. The van der Waals surface area contributed by atoms with Gasteiger partial charge in [0.1, 0.15) is 5.75 Å². The number of rotatable bonds is 7. The number of likely N-dealkylation sites (N-methyl/N-ethyl adjacent to an activating group) is 1. The van der Waals surface area contributed by atoms with E-state index in [1.807, 2.05) is 84.9 Å². The van der Waals surface area contributed by atoms with Crippen molar-refractivity contribution in [2.75, 3.05) is 14.2 Å². The Hall–Kier alpha value is -3.93. The van der Waals surface area contributed by atoms with Crippen LogP contribution in [0, 0.1) is 0 Å². The van der Waals surface area contributed by atoms with Crippen molar-refractivity contribution in [3.05, 3.63) is 102 Å². The molecule has 0 spiro atoms. The van der Waals surface area contributed by atoms with Crippen molar-refractivity contribution >= 4 is 5.91 Å². The molecule has 0 saturated carbocycles. The van der Waals surface area contributed by atoms with Crippen LogP contribution in [0.1, 0.15) is 22.9 Å². The van der Waals surface area contributed by atoms with Crippen molar-refractivity contribution in [1.29, 1.82) is 0 Å². The van der Waals surface area contributed by atoms with E-state index < -0.39 is 5.92 Å². The van der Waals surface area contributed by atoms with Gasteiger partial charge in [-0.25, -0.2) is 0 Å². The first-order valence-corrected chi connectivity index (χ1v) is 9.97. The Bertz CT molecular complexity index is 1090. The summed E-state index contributed by atoms with van der Waals surface area (Å²) in [5.41, 5.74) is 2.70. The molecule has 6 nitrogen and oxygen atoms in total. The first kappa shape index (κ1) is 20.3. The van der Waals surface area contributed by atoms with E-state index in [4.69, 9.17) is 9.26 Å². The SMILES string of the molecule is COc1ccc(-c2noc(CN(C)C(=O)C(c3ccccc3)c3ccccc3)n2)cc1. The van der Waals surface area contributed by atoms with Gasteiger partial charge in [0.15, 0.2) is 0 Å². The summed E-state index contributed by atoms with van der Waals surface area (Å²) in [4.78, 5) is 19.5. The first-order chi connectivity index (χ1) is 15.2. The fraction of sp³-hybridized carbons (Fsp3) is 0.160. The van der Waals surface area contributed by atoms with E-state index in [-0.39, 0.29) is 12.5 Å². The fourth-order valence-electron chi connectivity index (χ4n) is 3.45. The van der Waals surface area contributed by atoms with Crippen LogP contribution in [0.5, 0.6) is 5.75 Å². The molecule has 0 unspecified atom stereocenters. The fourth-order valence-corrected chi connectivity index (χ4v) is 3.45. The van der Waals surface area contributed by atoms with Gasteiger partial charge in [-0.15, -0.1) is 0 Å². The van der Waals surface area contributed by atoms with Gasteiger partial charge in [0.05, 0.1) is 19.6 Å². The van der Waals surface area contributed by atoms with Gasteiger partial charge in [0.25, 0.3) is 0 Å². The van der Waals surface area contributed by atoms with Gasteiger partial charge in [-0.1, -0.05) is 65.8 Å². The van der Waals surface area contributed by atoms with Crippen molar-refractivity contribution in [3.63, 3.8) is 0 Å². The molecule has 0 atom stereocenters. The minimum atomic E-state index is -0.406. The smallest absolute Gasteiger partial charge is 0.246 e. The van der Waals surface area contributed by atoms with Gasteiger partial charge in [-0.05, 0) is 35.4 Å². The number of carbonyl (C=O) groups excluding carboxylic acids is 1. The number of benzene rings is 3. The monoisotopic (exact) mass is 413 g/mol. The average molecular weight is 413 g/mol. The minimum Gasteiger partial charge on any atom is -0.497 e. The van der Waals surface area contributed by atoms with E-state index in [1.54, 1.807) is 19.1 Å². The molecule has 0 radical (unpaired) electrons. The number of amides is 1. The van der Waals surface area contributed by atoms with Crippen molar-refractivity contribution in [2.45, 2.75) is 12.5 Å². The summed E-state index contributed by atoms with van der Waals surface area (Å²) in [6.07, 6.45) is 0. The second kappa shape index (κ2) is 9.26. The van der Waals surface area contributed by atoms with Gasteiger partial charge in [-0.2, -0.15) is 4.98 Å². The highest BCUT2D eigenvalue weighted by atomic mass is 16.5. The number of hydrogen-bond donors (Lipinski definition) is 0. The first-order valence-electron chi connectivity index (χ1n) is 9.97. The van der Waals surface area contributed by atoms with Crippen LogP contribution >= 0.6 is 0 Å². The molecule has 4 rings (SSSR count). The molecule has 0 aliphatic heterocycles. The van der Waals surface area contributed by atoms with Crippen LogP contribution in [0.25, 0.3) is 11.4 Å². The third-order valence-electron chi connectivity index (χ3n) is 5.08. The Balaban J connectivity index is 1.53. The molecule has 1 aromatic heterocycles. The van der Waals surface area contributed by atoms with E-state index in [0.717, 1.165) is 22.4 Å². The number of aromatic nitrogens is 2. The highest BCUT2D eigenvalue weighted by Gasteiger charge is 2.26. The number of nitrogens with zero attached hydrogens (tertiary/aromatic N) is 3. The number of methoxy groups -OCH3 is 1. The lowest BCUT2D eigenvalue weighted by Gasteiger charge is -2.23. The number of hydrogen-bond acceptors (Lipinski definition) is 5. The molecule has 4 aromatic rings.